The average Bonchev–Trinajstić information content (AvgIpc) is 2.97. The lowest BCUT2D eigenvalue weighted by atomic mass is 10.3. The van der Waals surface area contributed by atoms with Gasteiger partial charge in [0.2, 0.25) is 5.91 Å². The molecule has 0 atom stereocenters. The number of carbonyl (C=O) groups is 1. The Kier molecular flexibility index (Phi) is 3.62. The van der Waals surface area contributed by atoms with E-state index in [1.807, 2.05) is 13.2 Å². The van der Waals surface area contributed by atoms with Crippen molar-refractivity contribution in [2.45, 2.75) is 6.54 Å². The quantitative estimate of drug-likeness (QED) is 0.770. The first kappa shape index (κ1) is 12.2. The van der Waals surface area contributed by atoms with Gasteiger partial charge in [0.1, 0.15) is 5.76 Å². The van der Waals surface area contributed by atoms with Crippen molar-refractivity contribution in [2.24, 2.45) is 7.05 Å². The van der Waals surface area contributed by atoms with Crippen LogP contribution in [0.15, 0.2) is 41.3 Å². The molecule has 0 saturated carbocycles. The van der Waals surface area contributed by atoms with Crippen LogP contribution >= 0.6 is 0 Å². The van der Waals surface area contributed by atoms with Crippen molar-refractivity contribution in [1.29, 1.82) is 0 Å². The summed E-state index contributed by atoms with van der Waals surface area (Å²) in [6.45, 7) is 0.537. The fourth-order valence-corrected chi connectivity index (χ4v) is 1.57. The molecule has 94 valence electrons. The molecular weight excluding hydrogens is 230 g/mol. The van der Waals surface area contributed by atoms with E-state index in [4.69, 9.17) is 4.42 Å². The minimum absolute atomic E-state index is 0.0738. The fourth-order valence-electron chi connectivity index (χ4n) is 1.57. The van der Waals surface area contributed by atoms with E-state index in [0.29, 0.717) is 12.3 Å². The van der Waals surface area contributed by atoms with Crippen molar-refractivity contribution in [3.8, 4) is 0 Å². The van der Waals surface area contributed by atoms with E-state index < -0.39 is 0 Å². The Morgan fingerprint density at radius 1 is 1.61 bits per heavy atom. The van der Waals surface area contributed by atoms with E-state index in [0.717, 1.165) is 5.56 Å². The molecule has 0 aromatic carbocycles. The first-order chi connectivity index (χ1) is 8.65. The Morgan fingerprint density at radius 3 is 3.06 bits per heavy atom. The molecule has 0 radical (unpaired) electrons. The van der Waals surface area contributed by atoms with Crippen LogP contribution in [0.4, 0.5) is 0 Å². The van der Waals surface area contributed by atoms with Gasteiger partial charge in [0, 0.05) is 38.5 Å². The number of likely N-dealkylation sites (N-methyl/N-ethyl adjacent to an activating group) is 1. The molecule has 0 unspecified atom stereocenters. The van der Waals surface area contributed by atoms with Crippen LogP contribution in [0.25, 0.3) is 6.08 Å². The van der Waals surface area contributed by atoms with E-state index >= 15 is 0 Å². The van der Waals surface area contributed by atoms with Crippen LogP contribution in [0.3, 0.4) is 0 Å². The van der Waals surface area contributed by atoms with E-state index in [9.17, 15) is 4.79 Å². The zero-order chi connectivity index (χ0) is 13.0. The normalized spacial score (nSPS) is 11.0. The van der Waals surface area contributed by atoms with Gasteiger partial charge in [-0.2, -0.15) is 5.10 Å². The largest absolute Gasteiger partial charge is 0.465 e. The number of nitrogens with zero attached hydrogens (tertiary/aromatic N) is 3. The van der Waals surface area contributed by atoms with E-state index in [1.54, 1.807) is 47.3 Å². The first-order valence-electron chi connectivity index (χ1n) is 5.59. The molecule has 2 rings (SSSR count). The molecule has 2 aromatic rings. The van der Waals surface area contributed by atoms with Crippen molar-refractivity contribution in [2.75, 3.05) is 7.05 Å². The van der Waals surface area contributed by atoms with Gasteiger partial charge < -0.3 is 9.32 Å². The maximum atomic E-state index is 11.8. The summed E-state index contributed by atoms with van der Waals surface area (Å²) < 4.78 is 6.83. The highest BCUT2D eigenvalue weighted by Gasteiger charge is 2.07. The molecule has 0 saturated heterocycles. The molecule has 0 fully saturated rings. The molecule has 0 aliphatic heterocycles. The molecule has 18 heavy (non-hydrogen) atoms. The third-order valence-corrected chi connectivity index (χ3v) is 2.49. The SMILES string of the molecule is CN(Cc1cnn(C)c1)C(=O)C=Cc1ccco1. The van der Waals surface area contributed by atoms with Crippen LogP contribution in [0.2, 0.25) is 0 Å². The second-order valence-corrected chi connectivity index (χ2v) is 4.07. The fraction of sp³-hybridized carbons (Fsp3) is 0.231. The van der Waals surface area contributed by atoms with Crippen molar-refractivity contribution in [3.05, 3.63) is 48.2 Å². The number of amides is 1. The van der Waals surface area contributed by atoms with Crippen molar-refractivity contribution >= 4 is 12.0 Å². The molecule has 5 nitrogen and oxygen atoms in total. The van der Waals surface area contributed by atoms with Crippen LogP contribution in [-0.4, -0.2) is 27.6 Å². The Balaban J connectivity index is 1.92. The minimum atomic E-state index is -0.0738. The standard InChI is InChI=1S/C13H15N3O2/c1-15(9-11-8-14-16(2)10-11)13(17)6-5-12-4-3-7-18-12/h3-8,10H,9H2,1-2H3. The highest BCUT2D eigenvalue weighted by Crippen LogP contribution is 2.05. The molecular formula is C13H15N3O2. The van der Waals surface area contributed by atoms with Crippen LogP contribution < -0.4 is 0 Å². The summed E-state index contributed by atoms with van der Waals surface area (Å²) in [6, 6.07) is 3.58. The highest BCUT2D eigenvalue weighted by molar-refractivity contribution is 5.91. The van der Waals surface area contributed by atoms with Crippen molar-refractivity contribution in [3.63, 3.8) is 0 Å². The zero-order valence-corrected chi connectivity index (χ0v) is 10.4. The van der Waals surface area contributed by atoms with Crippen molar-refractivity contribution in [1.82, 2.24) is 14.7 Å². The zero-order valence-electron chi connectivity index (χ0n) is 10.4. The Hall–Kier alpha value is -2.30. The molecule has 5 heteroatoms. The van der Waals surface area contributed by atoms with Gasteiger partial charge in [-0.1, -0.05) is 0 Å². The number of aromatic nitrogens is 2. The van der Waals surface area contributed by atoms with Gasteiger partial charge in [0.05, 0.1) is 12.5 Å². The molecule has 0 N–H and O–H groups in total. The maximum absolute atomic E-state index is 11.8. The highest BCUT2D eigenvalue weighted by atomic mass is 16.3. The third kappa shape index (κ3) is 3.10. The lowest BCUT2D eigenvalue weighted by Crippen LogP contribution is -2.23. The molecule has 0 spiro atoms. The van der Waals surface area contributed by atoms with E-state index in [2.05, 4.69) is 5.10 Å². The second-order valence-electron chi connectivity index (χ2n) is 4.07. The number of aryl methyl sites for hydroxylation is 1. The summed E-state index contributed by atoms with van der Waals surface area (Å²) in [5, 5.41) is 4.06. The van der Waals surface area contributed by atoms with Gasteiger partial charge >= 0.3 is 0 Å². The Bertz CT molecular complexity index is 540. The molecule has 0 aliphatic rings. The van der Waals surface area contributed by atoms with Crippen LogP contribution in [0.5, 0.6) is 0 Å². The average molecular weight is 245 g/mol. The van der Waals surface area contributed by atoms with Gasteiger partial charge in [-0.05, 0) is 18.2 Å². The summed E-state index contributed by atoms with van der Waals surface area (Å²) in [6.07, 6.45) is 8.36. The summed E-state index contributed by atoms with van der Waals surface area (Å²) in [5.41, 5.74) is 1.000. The number of hydrogen-bond donors (Lipinski definition) is 0. The maximum Gasteiger partial charge on any atom is 0.246 e. The second kappa shape index (κ2) is 5.35. The van der Waals surface area contributed by atoms with Crippen molar-refractivity contribution < 1.29 is 9.21 Å². The topological polar surface area (TPSA) is 51.3 Å². The Labute approximate surface area is 105 Å². The van der Waals surface area contributed by atoms with Crippen LogP contribution in [0, 0.1) is 0 Å². The molecule has 2 heterocycles. The van der Waals surface area contributed by atoms with E-state index in [-0.39, 0.29) is 5.91 Å². The lowest BCUT2D eigenvalue weighted by molar-refractivity contribution is -0.125. The third-order valence-electron chi connectivity index (χ3n) is 2.49. The smallest absolute Gasteiger partial charge is 0.246 e. The summed E-state index contributed by atoms with van der Waals surface area (Å²) >= 11 is 0. The summed E-state index contributed by atoms with van der Waals surface area (Å²) in [7, 11) is 3.60. The first-order valence-corrected chi connectivity index (χ1v) is 5.59. The molecule has 0 bridgehead atoms. The minimum Gasteiger partial charge on any atom is -0.465 e. The number of hydrogen-bond acceptors (Lipinski definition) is 3. The number of carbonyl (C=O) groups excluding carboxylic acids is 1. The van der Waals surface area contributed by atoms with Gasteiger partial charge in [-0.3, -0.25) is 9.48 Å². The van der Waals surface area contributed by atoms with Gasteiger partial charge in [-0.15, -0.1) is 0 Å². The number of furan rings is 1. The predicted molar refractivity (Wildman–Crippen MR) is 67.4 cm³/mol. The van der Waals surface area contributed by atoms with Crippen LogP contribution in [-0.2, 0) is 18.4 Å². The summed E-state index contributed by atoms with van der Waals surface area (Å²) in [5.74, 6) is 0.591. The molecule has 2 aromatic heterocycles. The van der Waals surface area contributed by atoms with Crippen LogP contribution in [0.1, 0.15) is 11.3 Å². The van der Waals surface area contributed by atoms with Gasteiger partial charge in [0.15, 0.2) is 0 Å². The Morgan fingerprint density at radius 2 is 2.44 bits per heavy atom. The van der Waals surface area contributed by atoms with Gasteiger partial charge in [-0.25, -0.2) is 0 Å². The molecule has 0 aliphatic carbocycles. The molecule has 1 amide bonds. The van der Waals surface area contributed by atoms with E-state index in [1.165, 1.54) is 6.08 Å². The number of rotatable bonds is 4. The monoisotopic (exact) mass is 245 g/mol. The predicted octanol–water partition coefficient (Wildman–Crippen LogP) is 1.68. The lowest BCUT2D eigenvalue weighted by Gasteiger charge is -2.13. The van der Waals surface area contributed by atoms with Gasteiger partial charge in [0.25, 0.3) is 0 Å². The summed E-state index contributed by atoms with van der Waals surface area (Å²) in [4.78, 5) is 13.4.